The number of esters is 1. The van der Waals surface area contributed by atoms with Gasteiger partial charge in [-0.2, -0.15) is 0 Å². The number of ether oxygens (including phenoxy) is 1. The normalized spacial score (nSPS) is 14.2. The van der Waals surface area contributed by atoms with Crippen molar-refractivity contribution in [3.8, 4) is 0 Å². The first kappa shape index (κ1) is 11.6. The average molecular weight is 234 g/mol. The number of pyridine rings is 1. The van der Waals surface area contributed by atoms with Gasteiger partial charge in [-0.05, 0) is 31.9 Å². The second kappa shape index (κ2) is 4.53. The van der Waals surface area contributed by atoms with E-state index < -0.39 is 5.97 Å². The Hall–Kier alpha value is -1.91. The highest BCUT2D eigenvalue weighted by Crippen LogP contribution is 2.30. The third-order valence-electron chi connectivity index (χ3n) is 2.57. The summed E-state index contributed by atoms with van der Waals surface area (Å²) in [6.45, 7) is 1.76. The largest absolute Gasteiger partial charge is 0.465 e. The molecule has 0 bridgehead atoms. The lowest BCUT2D eigenvalue weighted by Crippen LogP contribution is -2.15. The zero-order valence-corrected chi connectivity index (χ0v) is 9.82. The molecule has 0 unspecified atom stereocenters. The minimum atomic E-state index is -0.433. The molecule has 1 aliphatic rings. The summed E-state index contributed by atoms with van der Waals surface area (Å²) < 4.78 is 4.63. The topological polar surface area (TPSA) is 68.3 Å². The molecule has 2 rings (SSSR count). The average Bonchev–Trinajstić information content (AvgIpc) is 3.10. The maximum Gasteiger partial charge on any atom is 0.338 e. The lowest BCUT2D eigenvalue weighted by molar-refractivity contribution is -0.117. The van der Waals surface area contributed by atoms with E-state index in [4.69, 9.17) is 0 Å². The molecule has 5 nitrogen and oxygen atoms in total. The van der Waals surface area contributed by atoms with E-state index in [0.29, 0.717) is 17.1 Å². The van der Waals surface area contributed by atoms with E-state index in [9.17, 15) is 9.59 Å². The summed E-state index contributed by atoms with van der Waals surface area (Å²) >= 11 is 0. The van der Waals surface area contributed by atoms with Gasteiger partial charge in [0.1, 0.15) is 5.82 Å². The van der Waals surface area contributed by atoms with Crippen LogP contribution in [0.5, 0.6) is 0 Å². The van der Waals surface area contributed by atoms with Gasteiger partial charge in [0.25, 0.3) is 0 Å². The summed E-state index contributed by atoms with van der Waals surface area (Å²) in [5, 5.41) is 2.71. The molecule has 5 heteroatoms. The van der Waals surface area contributed by atoms with Crippen molar-refractivity contribution in [3.05, 3.63) is 23.4 Å². The van der Waals surface area contributed by atoms with E-state index in [0.717, 1.165) is 12.8 Å². The van der Waals surface area contributed by atoms with Crippen LogP contribution in [0.2, 0.25) is 0 Å². The maximum absolute atomic E-state index is 11.6. The van der Waals surface area contributed by atoms with Crippen LogP contribution in [0.15, 0.2) is 12.1 Å². The molecule has 0 atom stereocenters. The van der Waals surface area contributed by atoms with Crippen LogP contribution in [0.3, 0.4) is 0 Å². The van der Waals surface area contributed by atoms with Gasteiger partial charge in [0.05, 0.1) is 12.7 Å². The number of nitrogens with one attached hydrogen (secondary N) is 1. The molecule has 0 radical (unpaired) electrons. The number of rotatable bonds is 3. The smallest absolute Gasteiger partial charge is 0.338 e. The second-order valence-corrected chi connectivity index (χ2v) is 4.14. The zero-order valence-electron chi connectivity index (χ0n) is 9.82. The molecule has 1 aromatic rings. The Balaban J connectivity index is 2.18. The maximum atomic E-state index is 11.6. The Morgan fingerprint density at radius 1 is 1.41 bits per heavy atom. The number of methoxy groups -OCH3 is 1. The van der Waals surface area contributed by atoms with Crippen molar-refractivity contribution in [1.29, 1.82) is 0 Å². The number of hydrogen-bond acceptors (Lipinski definition) is 4. The Bertz CT molecular complexity index is 467. The van der Waals surface area contributed by atoms with Crippen LogP contribution in [-0.2, 0) is 9.53 Å². The summed E-state index contributed by atoms with van der Waals surface area (Å²) in [5.41, 5.74) is 1.06. The minimum Gasteiger partial charge on any atom is -0.465 e. The Morgan fingerprint density at radius 2 is 2.12 bits per heavy atom. The third kappa shape index (κ3) is 2.81. The molecular weight excluding hydrogens is 220 g/mol. The summed E-state index contributed by atoms with van der Waals surface area (Å²) in [4.78, 5) is 27.1. The van der Waals surface area contributed by atoms with Crippen molar-refractivity contribution < 1.29 is 14.3 Å². The third-order valence-corrected chi connectivity index (χ3v) is 2.57. The molecule has 0 aromatic carbocycles. The predicted octanol–water partition coefficient (Wildman–Crippen LogP) is 1.53. The fraction of sp³-hybridized carbons (Fsp3) is 0.417. The van der Waals surface area contributed by atoms with Crippen molar-refractivity contribution in [2.75, 3.05) is 12.4 Å². The Labute approximate surface area is 99.2 Å². The van der Waals surface area contributed by atoms with Crippen LogP contribution in [0.1, 0.15) is 28.9 Å². The van der Waals surface area contributed by atoms with E-state index in [-0.39, 0.29) is 11.8 Å². The van der Waals surface area contributed by atoms with Gasteiger partial charge < -0.3 is 10.1 Å². The Morgan fingerprint density at radius 3 is 2.71 bits per heavy atom. The van der Waals surface area contributed by atoms with Gasteiger partial charge in [-0.3, -0.25) is 4.79 Å². The fourth-order valence-electron chi connectivity index (χ4n) is 1.54. The molecule has 1 saturated carbocycles. The van der Waals surface area contributed by atoms with Crippen LogP contribution in [0.4, 0.5) is 5.82 Å². The van der Waals surface area contributed by atoms with Crippen molar-refractivity contribution in [3.63, 3.8) is 0 Å². The number of aryl methyl sites for hydroxylation is 1. The van der Waals surface area contributed by atoms with Crippen molar-refractivity contribution in [1.82, 2.24) is 4.98 Å². The summed E-state index contributed by atoms with van der Waals surface area (Å²) in [7, 11) is 1.32. The van der Waals surface area contributed by atoms with Crippen molar-refractivity contribution in [2.24, 2.45) is 5.92 Å². The molecular formula is C12H14N2O3. The van der Waals surface area contributed by atoms with Gasteiger partial charge in [-0.15, -0.1) is 0 Å². The molecule has 17 heavy (non-hydrogen) atoms. The van der Waals surface area contributed by atoms with Gasteiger partial charge in [-0.1, -0.05) is 0 Å². The van der Waals surface area contributed by atoms with E-state index >= 15 is 0 Å². The van der Waals surface area contributed by atoms with E-state index in [2.05, 4.69) is 15.0 Å². The molecule has 1 heterocycles. The molecule has 1 N–H and O–H groups in total. The molecule has 1 aliphatic carbocycles. The molecule has 1 fully saturated rings. The Kier molecular flexibility index (Phi) is 3.08. The lowest BCUT2D eigenvalue weighted by Gasteiger charge is -2.06. The fourth-order valence-corrected chi connectivity index (χ4v) is 1.54. The van der Waals surface area contributed by atoms with E-state index in [1.54, 1.807) is 13.0 Å². The number of carbonyl (C=O) groups excluding carboxylic acids is 2. The van der Waals surface area contributed by atoms with E-state index in [1.165, 1.54) is 13.2 Å². The monoisotopic (exact) mass is 234 g/mol. The van der Waals surface area contributed by atoms with Gasteiger partial charge in [0.15, 0.2) is 0 Å². The highest BCUT2D eigenvalue weighted by molar-refractivity contribution is 5.95. The van der Waals surface area contributed by atoms with Gasteiger partial charge >= 0.3 is 5.97 Å². The zero-order chi connectivity index (χ0) is 12.4. The van der Waals surface area contributed by atoms with Crippen LogP contribution in [0.25, 0.3) is 0 Å². The molecule has 0 saturated heterocycles. The summed E-state index contributed by atoms with van der Waals surface area (Å²) in [5.74, 6) is 0.0533. The molecule has 0 aliphatic heterocycles. The number of nitrogens with zero attached hydrogens (tertiary/aromatic N) is 1. The van der Waals surface area contributed by atoms with Crippen LogP contribution in [-0.4, -0.2) is 24.0 Å². The number of anilines is 1. The number of amides is 1. The number of carbonyl (C=O) groups is 2. The molecule has 0 spiro atoms. The van der Waals surface area contributed by atoms with Gasteiger partial charge in [0, 0.05) is 11.6 Å². The highest BCUT2D eigenvalue weighted by Gasteiger charge is 2.29. The number of hydrogen-bond donors (Lipinski definition) is 1. The van der Waals surface area contributed by atoms with Crippen LogP contribution >= 0.6 is 0 Å². The van der Waals surface area contributed by atoms with Gasteiger partial charge in [-0.25, -0.2) is 9.78 Å². The van der Waals surface area contributed by atoms with Crippen molar-refractivity contribution >= 4 is 17.7 Å². The molecule has 1 amide bonds. The number of aromatic nitrogens is 1. The lowest BCUT2D eigenvalue weighted by atomic mass is 10.2. The SMILES string of the molecule is COC(=O)c1cc(C)nc(NC(=O)C2CC2)c1. The first-order valence-corrected chi connectivity index (χ1v) is 5.48. The molecule has 1 aromatic heterocycles. The predicted molar refractivity (Wildman–Crippen MR) is 61.7 cm³/mol. The minimum absolute atomic E-state index is 0.0288. The van der Waals surface area contributed by atoms with Crippen LogP contribution < -0.4 is 5.32 Å². The summed E-state index contributed by atoms with van der Waals surface area (Å²) in [6, 6.07) is 3.15. The van der Waals surface area contributed by atoms with Crippen LogP contribution in [0, 0.1) is 12.8 Å². The standard InChI is InChI=1S/C12H14N2O3/c1-7-5-9(12(16)17-2)6-10(13-7)14-11(15)8-3-4-8/h5-6,8H,3-4H2,1-2H3,(H,13,14,15). The first-order chi connectivity index (χ1) is 8.10. The van der Waals surface area contributed by atoms with E-state index in [1.807, 2.05) is 0 Å². The highest BCUT2D eigenvalue weighted by atomic mass is 16.5. The first-order valence-electron chi connectivity index (χ1n) is 5.48. The van der Waals surface area contributed by atoms with Crippen molar-refractivity contribution in [2.45, 2.75) is 19.8 Å². The second-order valence-electron chi connectivity index (χ2n) is 4.14. The quantitative estimate of drug-likeness (QED) is 0.805. The summed E-state index contributed by atoms with van der Waals surface area (Å²) in [6.07, 6.45) is 1.86. The van der Waals surface area contributed by atoms with Gasteiger partial charge in [0.2, 0.25) is 5.91 Å². The molecule has 90 valence electrons.